The van der Waals surface area contributed by atoms with Gasteiger partial charge in [0.25, 0.3) is 0 Å². The number of primary amides is 1. The van der Waals surface area contributed by atoms with Crippen LogP contribution >= 0.6 is 7.82 Å². The minimum Gasteiger partial charge on any atom is -0.396 e. The molecule has 0 saturated carbocycles. The molecular formula is C32H51N6O12P. The lowest BCUT2D eigenvalue weighted by atomic mass is 9.88. The van der Waals surface area contributed by atoms with E-state index in [9.17, 15) is 43.3 Å². The van der Waals surface area contributed by atoms with Crippen LogP contribution in [0.2, 0.25) is 0 Å². The number of Topliss-reactive ketones (excluding diaryl/α,β-unsaturated/α-hetero) is 2. The van der Waals surface area contributed by atoms with Crippen LogP contribution in [0.25, 0.3) is 0 Å². The standard InChI is InChI=1S/C32H51N6O12P/c1-7-8-49-24-13-26(38(15-24)20(5)40)28(42)10-21(9-18(2)3)31(44)36-25(12-23-14-34-17-35-23)27(41)11-22(16-39)32(45)37-29(30(33)43)19(4)50-51(46,47)48-6/h7,14,17-19,21-22,24-26,29,39H,1,8-13,15-16H2,2-6H3,(H2,33,43)(H,34,35)(H,36,44)(H,37,45)(H,46,47)/t19?,21-,22+,24-,25+,26+,29+/m1/s1. The van der Waals surface area contributed by atoms with Crippen LogP contribution in [0.4, 0.5) is 0 Å². The monoisotopic (exact) mass is 742 g/mol. The Balaban J connectivity index is 2.26. The number of nitrogens with zero attached hydrogens (tertiary/aromatic N) is 2. The fourth-order valence-corrected chi connectivity index (χ4v) is 6.42. The Kier molecular flexibility index (Phi) is 17.3. The van der Waals surface area contributed by atoms with Crippen LogP contribution in [-0.4, -0.2) is 117 Å². The van der Waals surface area contributed by atoms with Crippen molar-refractivity contribution >= 4 is 43.0 Å². The number of amides is 4. The number of carbonyl (C=O) groups excluding carboxylic acids is 6. The van der Waals surface area contributed by atoms with E-state index in [-0.39, 0.29) is 62.5 Å². The summed E-state index contributed by atoms with van der Waals surface area (Å²) < 4.78 is 26.7. The third-order valence-electron chi connectivity index (χ3n) is 8.39. The molecule has 0 bridgehead atoms. The highest BCUT2D eigenvalue weighted by molar-refractivity contribution is 7.47. The highest BCUT2D eigenvalue weighted by Crippen LogP contribution is 2.43. The molecule has 2 rings (SSSR count). The van der Waals surface area contributed by atoms with Crippen molar-refractivity contribution in [3.05, 3.63) is 30.9 Å². The van der Waals surface area contributed by atoms with Crippen molar-refractivity contribution in [3.8, 4) is 0 Å². The number of ketones is 2. The minimum absolute atomic E-state index is 0.0258. The van der Waals surface area contributed by atoms with E-state index in [4.69, 9.17) is 15.0 Å². The van der Waals surface area contributed by atoms with E-state index < -0.39 is 80.4 Å². The van der Waals surface area contributed by atoms with Gasteiger partial charge in [0, 0.05) is 64.1 Å². The lowest BCUT2D eigenvalue weighted by Gasteiger charge is -2.27. The summed E-state index contributed by atoms with van der Waals surface area (Å²) in [5.74, 6) is -6.35. The van der Waals surface area contributed by atoms with E-state index in [1.807, 2.05) is 13.8 Å². The molecule has 4 amide bonds. The molecule has 286 valence electrons. The molecule has 0 aliphatic carbocycles. The maximum Gasteiger partial charge on any atom is 0.472 e. The van der Waals surface area contributed by atoms with Crippen molar-refractivity contribution in [1.29, 1.82) is 0 Å². The molecular weight excluding hydrogens is 691 g/mol. The molecule has 0 spiro atoms. The molecule has 2 heterocycles. The number of aromatic amines is 1. The van der Waals surface area contributed by atoms with Crippen LogP contribution in [0, 0.1) is 17.8 Å². The van der Waals surface area contributed by atoms with Gasteiger partial charge in [-0.25, -0.2) is 9.55 Å². The highest BCUT2D eigenvalue weighted by atomic mass is 31.2. The second-order valence-electron chi connectivity index (χ2n) is 12.9. The van der Waals surface area contributed by atoms with E-state index in [1.54, 1.807) is 6.08 Å². The second kappa shape index (κ2) is 20.3. The van der Waals surface area contributed by atoms with Crippen LogP contribution in [-0.2, 0) is 53.5 Å². The molecule has 8 atom stereocenters. The number of hydrogen-bond acceptors (Lipinski definition) is 12. The molecule has 0 radical (unpaired) electrons. The normalized spacial score (nSPS) is 20.0. The first kappa shape index (κ1) is 43.4. The lowest BCUT2D eigenvalue weighted by molar-refractivity contribution is -0.138. The zero-order valence-electron chi connectivity index (χ0n) is 29.6. The molecule has 0 aromatic carbocycles. The predicted octanol–water partition coefficient (Wildman–Crippen LogP) is -0.0598. The molecule has 19 heteroatoms. The van der Waals surface area contributed by atoms with Gasteiger partial charge >= 0.3 is 7.82 Å². The van der Waals surface area contributed by atoms with Crippen molar-refractivity contribution in [2.75, 3.05) is 26.9 Å². The summed E-state index contributed by atoms with van der Waals surface area (Å²) in [6, 6.07) is -3.67. The van der Waals surface area contributed by atoms with Crippen molar-refractivity contribution in [1.82, 2.24) is 25.5 Å². The van der Waals surface area contributed by atoms with E-state index in [0.29, 0.717) is 5.69 Å². The number of aliphatic hydroxyl groups excluding tert-OH is 1. The van der Waals surface area contributed by atoms with Gasteiger partial charge in [0.2, 0.25) is 23.6 Å². The molecule has 1 aliphatic heterocycles. The number of hydrogen-bond donors (Lipinski definition) is 6. The molecule has 51 heavy (non-hydrogen) atoms. The number of aliphatic hydroxyl groups is 1. The Morgan fingerprint density at radius 1 is 1.16 bits per heavy atom. The van der Waals surface area contributed by atoms with Gasteiger partial charge in [-0.1, -0.05) is 19.9 Å². The number of ether oxygens (including phenoxy) is 1. The number of phosphoric acid groups is 1. The number of likely N-dealkylation sites (tertiary alicyclic amines) is 1. The summed E-state index contributed by atoms with van der Waals surface area (Å²) in [6.07, 6.45) is 2.23. The van der Waals surface area contributed by atoms with Gasteiger partial charge in [0.05, 0.1) is 49.8 Å². The number of rotatable bonds is 23. The first-order chi connectivity index (χ1) is 23.9. The van der Waals surface area contributed by atoms with Gasteiger partial charge in [-0.3, -0.25) is 37.8 Å². The van der Waals surface area contributed by atoms with Crippen molar-refractivity contribution in [3.63, 3.8) is 0 Å². The average molecular weight is 743 g/mol. The SMILES string of the molecule is C=CCO[C@@H]1C[C@@H](C(=O)C[C@@H](CC(C)C)C(=O)N[C@@H](Cc2cnc[nH]2)C(=O)C[C@@H](CO)C(=O)N[C@H](C(N)=O)C(C)OP(=O)(O)OC)N(C(C)=O)C1. The maximum absolute atomic E-state index is 13.8. The van der Waals surface area contributed by atoms with Gasteiger partial charge in [-0.15, -0.1) is 6.58 Å². The molecule has 1 aromatic rings. The predicted molar refractivity (Wildman–Crippen MR) is 181 cm³/mol. The van der Waals surface area contributed by atoms with Crippen LogP contribution in [0.5, 0.6) is 0 Å². The first-order valence-corrected chi connectivity index (χ1v) is 18.0. The Bertz CT molecular complexity index is 1420. The number of nitrogens with two attached hydrogens (primary N) is 1. The fourth-order valence-electron chi connectivity index (χ4n) is 5.79. The summed E-state index contributed by atoms with van der Waals surface area (Å²) in [6.45, 7) is 9.54. The van der Waals surface area contributed by atoms with Crippen LogP contribution < -0.4 is 16.4 Å². The Labute approximate surface area is 296 Å². The minimum atomic E-state index is -4.58. The number of H-pyrrole nitrogens is 1. The molecule has 1 aliphatic rings. The Hall–Kier alpha value is -3.80. The summed E-state index contributed by atoms with van der Waals surface area (Å²) in [4.78, 5) is 96.5. The number of carbonyl (C=O) groups is 6. The third kappa shape index (κ3) is 13.7. The average Bonchev–Trinajstić information content (AvgIpc) is 3.74. The van der Waals surface area contributed by atoms with Gasteiger partial charge < -0.3 is 41.0 Å². The van der Waals surface area contributed by atoms with Gasteiger partial charge in [-0.05, 0) is 19.3 Å². The number of nitrogens with one attached hydrogen (secondary N) is 3. The fraction of sp³-hybridized carbons (Fsp3) is 0.656. The van der Waals surface area contributed by atoms with Crippen molar-refractivity contribution in [2.24, 2.45) is 23.5 Å². The van der Waals surface area contributed by atoms with Gasteiger partial charge in [0.1, 0.15) is 6.04 Å². The molecule has 7 N–H and O–H groups in total. The van der Waals surface area contributed by atoms with E-state index in [2.05, 4.69) is 31.7 Å². The topological polar surface area (TPSA) is 270 Å². The second-order valence-corrected chi connectivity index (χ2v) is 14.4. The maximum atomic E-state index is 13.8. The lowest BCUT2D eigenvalue weighted by Crippen LogP contribution is -2.54. The van der Waals surface area contributed by atoms with Gasteiger partial charge in [0.15, 0.2) is 11.6 Å². The molecule has 1 saturated heterocycles. The van der Waals surface area contributed by atoms with Crippen LogP contribution in [0.1, 0.15) is 59.1 Å². The molecule has 1 fully saturated rings. The zero-order valence-corrected chi connectivity index (χ0v) is 30.5. The number of aromatic nitrogens is 2. The molecule has 1 aromatic heterocycles. The van der Waals surface area contributed by atoms with E-state index >= 15 is 0 Å². The zero-order chi connectivity index (χ0) is 38.5. The summed E-state index contributed by atoms with van der Waals surface area (Å²) in [7, 11) is -3.68. The van der Waals surface area contributed by atoms with E-state index in [0.717, 1.165) is 7.11 Å². The van der Waals surface area contributed by atoms with Crippen LogP contribution in [0.3, 0.4) is 0 Å². The number of imidazole rings is 1. The summed E-state index contributed by atoms with van der Waals surface area (Å²) >= 11 is 0. The largest absolute Gasteiger partial charge is 0.472 e. The highest BCUT2D eigenvalue weighted by Gasteiger charge is 2.41. The number of phosphoric ester groups is 1. The summed E-state index contributed by atoms with van der Waals surface area (Å²) in [5.41, 5.74) is 5.84. The first-order valence-electron chi connectivity index (χ1n) is 16.5. The smallest absolute Gasteiger partial charge is 0.396 e. The van der Waals surface area contributed by atoms with Crippen molar-refractivity contribution in [2.45, 2.75) is 90.1 Å². The van der Waals surface area contributed by atoms with Crippen LogP contribution in [0.15, 0.2) is 25.2 Å². The Morgan fingerprint density at radius 2 is 1.82 bits per heavy atom. The van der Waals surface area contributed by atoms with Gasteiger partial charge in [-0.2, -0.15) is 0 Å². The summed E-state index contributed by atoms with van der Waals surface area (Å²) in [5, 5.41) is 15.0. The third-order valence-corrected chi connectivity index (χ3v) is 9.45. The molecule has 2 unspecified atom stereocenters. The molecule has 18 nitrogen and oxygen atoms in total. The van der Waals surface area contributed by atoms with E-state index in [1.165, 1.54) is 31.3 Å². The Morgan fingerprint density at radius 3 is 2.35 bits per heavy atom. The quantitative estimate of drug-likeness (QED) is 0.0635. The van der Waals surface area contributed by atoms with Crippen molar-refractivity contribution < 1.29 is 57.1 Å².